The quantitative estimate of drug-likeness (QED) is 0.132. The van der Waals surface area contributed by atoms with Crippen LogP contribution in [0.15, 0.2) is 116 Å². The number of rotatable bonds is 5. The number of para-hydroxylation sites is 1. The van der Waals surface area contributed by atoms with Crippen LogP contribution >= 0.6 is 11.8 Å². The maximum Gasteiger partial charge on any atom is 0.336 e. The molecule has 0 amide bonds. The predicted molar refractivity (Wildman–Crippen MR) is 141 cm³/mol. The molecule has 0 unspecified atom stereocenters. The lowest BCUT2D eigenvalue weighted by molar-refractivity contribution is 0.560. The second-order valence-corrected chi connectivity index (χ2v) is 9.27. The molecule has 0 aliphatic rings. The summed E-state index contributed by atoms with van der Waals surface area (Å²) in [5.41, 5.74) is 2.62. The molecule has 170 valence electrons. The molecule has 0 bridgehead atoms. The van der Waals surface area contributed by atoms with E-state index in [2.05, 4.69) is 0 Å². The number of fused-ring (bicyclic) bond motifs is 4. The molecule has 2 aromatic heterocycles. The molecule has 0 aliphatic carbocycles. The van der Waals surface area contributed by atoms with Crippen molar-refractivity contribution in [1.29, 1.82) is 0 Å². The van der Waals surface area contributed by atoms with Gasteiger partial charge in [0.2, 0.25) is 0 Å². The van der Waals surface area contributed by atoms with Crippen molar-refractivity contribution in [2.45, 2.75) is 17.5 Å². The van der Waals surface area contributed by atoms with Crippen LogP contribution in [-0.4, -0.2) is 9.55 Å². The summed E-state index contributed by atoms with van der Waals surface area (Å²) in [6.07, 6.45) is 0. The Labute approximate surface area is 204 Å². The number of nitrogens with zero attached hydrogens (tertiary/aromatic N) is 2. The molecule has 0 spiro atoms. The third-order valence-corrected chi connectivity index (χ3v) is 7.11. The third-order valence-electron chi connectivity index (χ3n) is 6.08. The maximum absolute atomic E-state index is 13.5. The first-order chi connectivity index (χ1) is 17.2. The SMILES string of the molecule is O=c1cc(CSc2nc3ccccc3c(=O)n2Cc2ccccc2)c2c(ccc3ccccc32)o1. The van der Waals surface area contributed by atoms with Crippen molar-refractivity contribution in [2.75, 3.05) is 0 Å². The van der Waals surface area contributed by atoms with E-state index in [-0.39, 0.29) is 5.56 Å². The van der Waals surface area contributed by atoms with Gasteiger partial charge < -0.3 is 4.42 Å². The number of hydrogen-bond acceptors (Lipinski definition) is 5. The number of benzene rings is 4. The Kier molecular flexibility index (Phi) is 5.43. The van der Waals surface area contributed by atoms with Crippen molar-refractivity contribution in [3.63, 3.8) is 0 Å². The lowest BCUT2D eigenvalue weighted by Gasteiger charge is -2.14. The molecule has 0 saturated heterocycles. The molecular formula is C29H20N2O3S. The van der Waals surface area contributed by atoms with E-state index in [4.69, 9.17) is 9.40 Å². The highest BCUT2D eigenvalue weighted by molar-refractivity contribution is 7.98. The summed E-state index contributed by atoms with van der Waals surface area (Å²) in [6.45, 7) is 0.417. The average molecular weight is 477 g/mol. The van der Waals surface area contributed by atoms with Crippen LogP contribution in [0, 0.1) is 0 Å². The molecule has 0 atom stereocenters. The van der Waals surface area contributed by atoms with Gasteiger partial charge in [-0.2, -0.15) is 0 Å². The Hall–Kier alpha value is -4.16. The Morgan fingerprint density at radius 2 is 1.54 bits per heavy atom. The summed E-state index contributed by atoms with van der Waals surface area (Å²) >= 11 is 1.45. The van der Waals surface area contributed by atoms with Crippen LogP contribution in [0.4, 0.5) is 0 Å². The van der Waals surface area contributed by atoms with Gasteiger partial charge >= 0.3 is 5.63 Å². The molecule has 6 aromatic rings. The first-order valence-corrected chi connectivity index (χ1v) is 12.3. The van der Waals surface area contributed by atoms with E-state index < -0.39 is 5.63 Å². The van der Waals surface area contributed by atoms with Crippen molar-refractivity contribution >= 4 is 44.4 Å². The summed E-state index contributed by atoms with van der Waals surface area (Å²) in [4.78, 5) is 30.6. The van der Waals surface area contributed by atoms with E-state index in [9.17, 15) is 9.59 Å². The van der Waals surface area contributed by atoms with Gasteiger partial charge in [0.25, 0.3) is 5.56 Å². The second-order valence-electron chi connectivity index (χ2n) is 8.33. The molecule has 0 fully saturated rings. The molecule has 0 aliphatic heterocycles. The molecule has 2 heterocycles. The molecule has 5 nitrogen and oxygen atoms in total. The minimum absolute atomic E-state index is 0.0789. The Bertz CT molecular complexity index is 1820. The topological polar surface area (TPSA) is 65.1 Å². The van der Waals surface area contributed by atoms with Gasteiger partial charge in [-0.25, -0.2) is 9.78 Å². The molecule has 0 N–H and O–H groups in total. The van der Waals surface area contributed by atoms with Crippen molar-refractivity contribution in [3.8, 4) is 0 Å². The fourth-order valence-corrected chi connectivity index (χ4v) is 5.42. The molecule has 4 aromatic carbocycles. The zero-order valence-corrected chi connectivity index (χ0v) is 19.5. The summed E-state index contributed by atoms with van der Waals surface area (Å²) in [5.74, 6) is 0.468. The molecule has 0 saturated carbocycles. The van der Waals surface area contributed by atoms with Crippen LogP contribution in [0.5, 0.6) is 0 Å². The number of thioether (sulfide) groups is 1. The monoisotopic (exact) mass is 476 g/mol. The fraction of sp³-hybridized carbons (Fsp3) is 0.0690. The van der Waals surface area contributed by atoms with Gasteiger partial charge in [-0.1, -0.05) is 84.6 Å². The minimum atomic E-state index is -0.392. The Balaban J connectivity index is 1.48. The molecule has 6 heteroatoms. The third kappa shape index (κ3) is 4.02. The molecular weight excluding hydrogens is 456 g/mol. The van der Waals surface area contributed by atoms with E-state index in [1.807, 2.05) is 91.0 Å². The van der Waals surface area contributed by atoms with E-state index >= 15 is 0 Å². The van der Waals surface area contributed by atoms with Gasteiger partial charge in [-0.3, -0.25) is 9.36 Å². The van der Waals surface area contributed by atoms with Crippen molar-refractivity contribution in [3.05, 3.63) is 129 Å². The highest BCUT2D eigenvalue weighted by Gasteiger charge is 2.15. The fourth-order valence-electron chi connectivity index (χ4n) is 4.44. The molecule has 6 rings (SSSR count). The zero-order chi connectivity index (χ0) is 23.8. The van der Waals surface area contributed by atoms with Crippen LogP contribution in [0.25, 0.3) is 32.6 Å². The molecule has 35 heavy (non-hydrogen) atoms. The lowest BCUT2D eigenvalue weighted by Crippen LogP contribution is -2.24. The van der Waals surface area contributed by atoms with Gasteiger partial charge in [-0.05, 0) is 40.1 Å². The highest BCUT2D eigenvalue weighted by Crippen LogP contribution is 2.31. The van der Waals surface area contributed by atoms with Gasteiger partial charge in [0.05, 0.1) is 17.4 Å². The summed E-state index contributed by atoms with van der Waals surface area (Å²) in [5, 5.41) is 4.21. The minimum Gasteiger partial charge on any atom is -0.423 e. The van der Waals surface area contributed by atoms with Gasteiger partial charge in [0.1, 0.15) is 5.58 Å². The van der Waals surface area contributed by atoms with Crippen LogP contribution in [0.2, 0.25) is 0 Å². The van der Waals surface area contributed by atoms with E-state index in [0.717, 1.165) is 27.3 Å². The van der Waals surface area contributed by atoms with Crippen LogP contribution < -0.4 is 11.2 Å². The van der Waals surface area contributed by atoms with Gasteiger partial charge in [0, 0.05) is 17.2 Å². The van der Waals surface area contributed by atoms with Crippen molar-refractivity contribution < 1.29 is 4.42 Å². The Morgan fingerprint density at radius 1 is 0.800 bits per heavy atom. The lowest BCUT2D eigenvalue weighted by atomic mass is 10.0. The highest BCUT2D eigenvalue weighted by atomic mass is 32.2. The number of aromatic nitrogens is 2. The van der Waals surface area contributed by atoms with Crippen LogP contribution in [0.3, 0.4) is 0 Å². The van der Waals surface area contributed by atoms with Crippen molar-refractivity contribution in [2.24, 2.45) is 0 Å². The van der Waals surface area contributed by atoms with E-state index in [0.29, 0.717) is 33.9 Å². The standard InChI is InChI=1S/C29H20N2O3S/c32-26-16-21(27-22-11-5-4-10-20(22)14-15-25(27)34-26)18-35-29-30-24-13-7-6-12-23(24)28(33)31(29)17-19-8-2-1-3-9-19/h1-16H,17-18H2. The average Bonchev–Trinajstić information content (AvgIpc) is 2.89. The largest absolute Gasteiger partial charge is 0.423 e. The van der Waals surface area contributed by atoms with E-state index in [1.54, 1.807) is 10.6 Å². The normalized spacial score (nSPS) is 11.4. The first-order valence-electron chi connectivity index (χ1n) is 11.3. The van der Waals surface area contributed by atoms with Crippen molar-refractivity contribution in [1.82, 2.24) is 9.55 Å². The van der Waals surface area contributed by atoms with E-state index in [1.165, 1.54) is 11.8 Å². The summed E-state index contributed by atoms with van der Waals surface area (Å²) in [6, 6.07) is 30.7. The Morgan fingerprint density at radius 3 is 2.40 bits per heavy atom. The first kappa shape index (κ1) is 21.4. The van der Waals surface area contributed by atoms with Gasteiger partial charge in [-0.15, -0.1) is 0 Å². The second kappa shape index (κ2) is 8.89. The predicted octanol–water partition coefficient (Wildman–Crippen LogP) is 6.00. The van der Waals surface area contributed by atoms with Gasteiger partial charge in [0.15, 0.2) is 5.16 Å². The van der Waals surface area contributed by atoms with Crippen LogP contribution in [0.1, 0.15) is 11.1 Å². The molecule has 0 radical (unpaired) electrons. The number of hydrogen-bond donors (Lipinski definition) is 0. The summed E-state index contributed by atoms with van der Waals surface area (Å²) in [7, 11) is 0. The zero-order valence-electron chi connectivity index (χ0n) is 18.7. The van der Waals surface area contributed by atoms with Crippen LogP contribution in [-0.2, 0) is 12.3 Å². The smallest absolute Gasteiger partial charge is 0.336 e. The summed E-state index contributed by atoms with van der Waals surface area (Å²) < 4.78 is 7.22. The maximum atomic E-state index is 13.5.